The van der Waals surface area contributed by atoms with Crippen LogP contribution >= 0.6 is 0 Å². The molecule has 2 rings (SSSR count). The molecule has 0 atom stereocenters. The minimum atomic E-state index is -0.663. The normalized spacial score (nSPS) is 10.5. The van der Waals surface area contributed by atoms with Gasteiger partial charge in [-0.2, -0.15) is 0 Å². The molecule has 1 aromatic carbocycles. The Morgan fingerprint density at radius 2 is 2.10 bits per heavy atom. The summed E-state index contributed by atoms with van der Waals surface area (Å²) in [7, 11) is 1.43. The average Bonchev–Trinajstić information content (AvgIpc) is 2.42. The first-order chi connectivity index (χ1) is 9.58. The van der Waals surface area contributed by atoms with Gasteiger partial charge in [0.1, 0.15) is 17.7 Å². The number of hydrogen-bond donors (Lipinski definition) is 1. The van der Waals surface area contributed by atoms with Gasteiger partial charge in [0.25, 0.3) is 5.56 Å². The Kier molecular flexibility index (Phi) is 3.88. The zero-order valence-corrected chi connectivity index (χ0v) is 11.1. The number of nitrogens with one attached hydrogen (secondary N) is 1. The molecule has 0 saturated carbocycles. The van der Waals surface area contributed by atoms with Gasteiger partial charge in [0.15, 0.2) is 0 Å². The molecule has 0 radical (unpaired) electrons. The zero-order chi connectivity index (χ0) is 14.7. The summed E-state index contributed by atoms with van der Waals surface area (Å²) in [5, 5.41) is 0.221. The quantitative estimate of drug-likeness (QED) is 0.810. The highest BCUT2D eigenvalue weighted by Gasteiger charge is 2.14. The van der Waals surface area contributed by atoms with E-state index < -0.39 is 17.2 Å². The molecule has 7 nitrogen and oxygen atoms in total. The molecule has 20 heavy (non-hydrogen) atoms. The SMILES string of the molecule is CCOC(=O)Cn1c(=O)[nH]c(=O)c2c(OC)cccc21. The van der Waals surface area contributed by atoms with E-state index in [4.69, 9.17) is 9.47 Å². The molecule has 0 amide bonds. The average molecular weight is 278 g/mol. The van der Waals surface area contributed by atoms with E-state index in [0.29, 0.717) is 11.3 Å². The molecule has 0 fully saturated rings. The minimum absolute atomic E-state index is 0.220. The Labute approximate surface area is 113 Å². The van der Waals surface area contributed by atoms with Crippen LogP contribution in [0.4, 0.5) is 0 Å². The van der Waals surface area contributed by atoms with Gasteiger partial charge in [0.2, 0.25) is 0 Å². The van der Waals surface area contributed by atoms with Gasteiger partial charge in [-0.05, 0) is 19.1 Å². The molecule has 1 aromatic heterocycles. The standard InChI is InChI=1S/C13H14N2O5/c1-3-20-10(16)7-15-8-5-4-6-9(19-2)11(8)12(17)14-13(15)18/h4-6H,3,7H2,1-2H3,(H,14,17,18). The molecule has 1 heterocycles. The number of benzene rings is 1. The fourth-order valence-electron chi connectivity index (χ4n) is 1.97. The van der Waals surface area contributed by atoms with Crippen molar-refractivity contribution in [2.75, 3.05) is 13.7 Å². The molecule has 0 aliphatic rings. The van der Waals surface area contributed by atoms with Gasteiger partial charge >= 0.3 is 11.7 Å². The van der Waals surface area contributed by atoms with Crippen molar-refractivity contribution in [3.63, 3.8) is 0 Å². The van der Waals surface area contributed by atoms with Crippen molar-refractivity contribution in [2.45, 2.75) is 13.5 Å². The van der Waals surface area contributed by atoms with Gasteiger partial charge in [-0.1, -0.05) is 6.07 Å². The van der Waals surface area contributed by atoms with Gasteiger partial charge in [0, 0.05) is 0 Å². The van der Waals surface area contributed by atoms with Gasteiger partial charge < -0.3 is 9.47 Å². The van der Waals surface area contributed by atoms with Crippen LogP contribution in [0.25, 0.3) is 10.9 Å². The van der Waals surface area contributed by atoms with E-state index in [0.717, 1.165) is 4.57 Å². The third-order valence-electron chi connectivity index (χ3n) is 2.80. The summed E-state index contributed by atoms with van der Waals surface area (Å²) < 4.78 is 11.1. The maximum atomic E-state index is 11.9. The molecule has 1 N–H and O–H groups in total. The monoisotopic (exact) mass is 278 g/mol. The highest BCUT2D eigenvalue weighted by molar-refractivity contribution is 5.85. The van der Waals surface area contributed by atoms with Gasteiger partial charge in [-0.3, -0.25) is 19.1 Å². The van der Waals surface area contributed by atoms with Gasteiger partial charge in [-0.25, -0.2) is 4.79 Å². The summed E-state index contributed by atoms with van der Waals surface area (Å²) in [5.74, 6) is -0.216. The van der Waals surface area contributed by atoms with Crippen molar-refractivity contribution in [3.05, 3.63) is 39.0 Å². The van der Waals surface area contributed by atoms with Crippen LogP contribution in [0.3, 0.4) is 0 Å². The van der Waals surface area contributed by atoms with Crippen LogP contribution in [0, 0.1) is 0 Å². The second kappa shape index (κ2) is 5.60. The number of aromatic amines is 1. The predicted molar refractivity (Wildman–Crippen MR) is 72.0 cm³/mol. The van der Waals surface area contributed by atoms with Crippen molar-refractivity contribution in [1.29, 1.82) is 0 Å². The van der Waals surface area contributed by atoms with Crippen LogP contribution in [0.5, 0.6) is 5.75 Å². The number of nitrogens with zero attached hydrogens (tertiary/aromatic N) is 1. The summed E-state index contributed by atoms with van der Waals surface area (Å²) in [5.41, 5.74) is -0.891. The van der Waals surface area contributed by atoms with E-state index in [1.165, 1.54) is 7.11 Å². The number of esters is 1. The van der Waals surface area contributed by atoms with Gasteiger partial charge in [-0.15, -0.1) is 0 Å². The molecular formula is C13H14N2O5. The Bertz CT molecular complexity index is 759. The first-order valence-corrected chi connectivity index (χ1v) is 6.04. The molecule has 0 aliphatic heterocycles. The lowest BCUT2D eigenvalue weighted by molar-refractivity contribution is -0.143. The molecular weight excluding hydrogens is 264 g/mol. The molecule has 0 aliphatic carbocycles. The Morgan fingerprint density at radius 1 is 1.35 bits per heavy atom. The second-order valence-corrected chi connectivity index (χ2v) is 4.00. The fourth-order valence-corrected chi connectivity index (χ4v) is 1.97. The summed E-state index contributed by atoms with van der Waals surface area (Å²) in [4.78, 5) is 37.4. The van der Waals surface area contributed by atoms with Crippen molar-refractivity contribution in [2.24, 2.45) is 0 Å². The minimum Gasteiger partial charge on any atom is -0.496 e. The third-order valence-corrected chi connectivity index (χ3v) is 2.80. The molecule has 0 bridgehead atoms. The highest BCUT2D eigenvalue weighted by Crippen LogP contribution is 2.20. The Hall–Kier alpha value is -2.57. The number of H-pyrrole nitrogens is 1. The second-order valence-electron chi connectivity index (χ2n) is 4.00. The first kappa shape index (κ1) is 13.9. The lowest BCUT2D eigenvalue weighted by Gasteiger charge is -2.10. The smallest absolute Gasteiger partial charge is 0.329 e. The lowest BCUT2D eigenvalue weighted by Crippen LogP contribution is -2.33. The van der Waals surface area contributed by atoms with Crippen LogP contribution < -0.4 is 16.0 Å². The topological polar surface area (TPSA) is 90.4 Å². The van der Waals surface area contributed by atoms with Crippen LogP contribution in [0.15, 0.2) is 27.8 Å². The number of fused-ring (bicyclic) bond motifs is 1. The number of carbonyl (C=O) groups is 1. The van der Waals surface area contributed by atoms with Crippen LogP contribution in [-0.4, -0.2) is 29.2 Å². The molecule has 0 spiro atoms. The number of rotatable bonds is 4. The number of methoxy groups -OCH3 is 1. The van der Waals surface area contributed by atoms with E-state index in [1.807, 2.05) is 0 Å². The Morgan fingerprint density at radius 3 is 2.75 bits per heavy atom. The summed E-state index contributed by atoms with van der Waals surface area (Å²) in [6.07, 6.45) is 0. The first-order valence-electron chi connectivity index (χ1n) is 6.04. The van der Waals surface area contributed by atoms with Crippen molar-refractivity contribution in [1.82, 2.24) is 9.55 Å². The third kappa shape index (κ3) is 2.42. The number of ether oxygens (including phenoxy) is 2. The van der Waals surface area contributed by atoms with E-state index in [9.17, 15) is 14.4 Å². The molecule has 2 aromatic rings. The van der Waals surface area contributed by atoms with Crippen molar-refractivity contribution >= 4 is 16.9 Å². The van der Waals surface area contributed by atoms with Gasteiger partial charge in [0.05, 0.1) is 19.2 Å². The predicted octanol–water partition coefficient (Wildman–Crippen LogP) is 0.261. The molecule has 0 unspecified atom stereocenters. The number of aromatic nitrogens is 2. The van der Waals surface area contributed by atoms with Crippen LogP contribution in [0.1, 0.15) is 6.92 Å². The summed E-state index contributed by atoms with van der Waals surface area (Å²) in [6.45, 7) is 1.62. The number of carbonyl (C=O) groups excluding carboxylic acids is 1. The maximum absolute atomic E-state index is 11.9. The largest absolute Gasteiger partial charge is 0.496 e. The fraction of sp³-hybridized carbons (Fsp3) is 0.308. The zero-order valence-electron chi connectivity index (χ0n) is 11.1. The highest BCUT2D eigenvalue weighted by atomic mass is 16.5. The number of hydrogen-bond acceptors (Lipinski definition) is 5. The Balaban J connectivity index is 2.69. The van der Waals surface area contributed by atoms with Crippen molar-refractivity contribution in [3.8, 4) is 5.75 Å². The van der Waals surface area contributed by atoms with E-state index >= 15 is 0 Å². The molecule has 106 valence electrons. The molecule has 0 saturated heterocycles. The van der Waals surface area contributed by atoms with E-state index in [1.54, 1.807) is 25.1 Å². The van der Waals surface area contributed by atoms with E-state index in [-0.39, 0.29) is 18.5 Å². The summed E-state index contributed by atoms with van der Waals surface area (Å²) in [6, 6.07) is 4.83. The van der Waals surface area contributed by atoms with Crippen molar-refractivity contribution < 1.29 is 14.3 Å². The van der Waals surface area contributed by atoms with E-state index in [2.05, 4.69) is 4.98 Å². The summed E-state index contributed by atoms with van der Waals surface area (Å²) >= 11 is 0. The maximum Gasteiger partial charge on any atom is 0.329 e. The lowest BCUT2D eigenvalue weighted by atomic mass is 10.2. The molecule has 7 heteroatoms. The van der Waals surface area contributed by atoms with Crippen LogP contribution in [0.2, 0.25) is 0 Å². The van der Waals surface area contributed by atoms with Crippen LogP contribution in [-0.2, 0) is 16.1 Å².